The van der Waals surface area contributed by atoms with Gasteiger partial charge >= 0.3 is 6.61 Å². The predicted molar refractivity (Wildman–Crippen MR) is 117 cm³/mol. The molecule has 0 aliphatic carbocycles. The zero-order valence-electron chi connectivity index (χ0n) is 18.3. The Morgan fingerprint density at radius 1 is 1.12 bits per heavy atom. The number of amides is 1. The Balaban J connectivity index is 1.78. The maximum absolute atomic E-state index is 13.0. The molecule has 1 atom stereocenters. The van der Waals surface area contributed by atoms with Crippen LogP contribution in [-0.2, 0) is 4.79 Å². The van der Waals surface area contributed by atoms with Crippen LogP contribution in [0.2, 0.25) is 0 Å². The molecule has 32 heavy (non-hydrogen) atoms. The Labute approximate surface area is 186 Å². The van der Waals surface area contributed by atoms with E-state index in [0.29, 0.717) is 30.2 Å². The van der Waals surface area contributed by atoms with Crippen molar-refractivity contribution in [2.45, 2.75) is 32.4 Å². The van der Waals surface area contributed by atoms with Crippen molar-refractivity contribution < 1.29 is 32.5 Å². The molecule has 8 heteroatoms. The van der Waals surface area contributed by atoms with E-state index in [1.807, 2.05) is 18.2 Å². The monoisotopic (exact) mass is 447 g/mol. The average molecular weight is 447 g/mol. The van der Waals surface area contributed by atoms with Crippen LogP contribution in [0.4, 0.5) is 8.78 Å². The molecule has 0 saturated carbocycles. The lowest BCUT2D eigenvalue weighted by molar-refractivity contribution is -0.126. The minimum Gasteiger partial charge on any atom is -0.497 e. The van der Waals surface area contributed by atoms with Gasteiger partial charge in [0.1, 0.15) is 11.5 Å². The van der Waals surface area contributed by atoms with Crippen LogP contribution in [0.5, 0.6) is 23.0 Å². The normalized spacial score (nSPS) is 15.9. The molecule has 1 unspecified atom stereocenters. The molecule has 0 bridgehead atoms. The number of methoxy groups -OCH3 is 2. The number of benzene rings is 2. The molecular formula is C24H27F2NO5. The SMILES string of the molecule is CCOc1cc(/C=C/C(=O)N2CCCC2c2ccc(OC)cc2OC)ccc1OC(F)F. The van der Waals surface area contributed by atoms with E-state index < -0.39 is 6.61 Å². The van der Waals surface area contributed by atoms with Crippen LogP contribution in [0.25, 0.3) is 6.08 Å². The van der Waals surface area contributed by atoms with E-state index in [-0.39, 0.29) is 23.4 Å². The molecule has 0 radical (unpaired) electrons. The molecular weight excluding hydrogens is 420 g/mol. The molecule has 172 valence electrons. The molecule has 1 saturated heterocycles. The van der Waals surface area contributed by atoms with Crippen molar-refractivity contribution >= 4 is 12.0 Å². The van der Waals surface area contributed by atoms with Gasteiger partial charge in [0.15, 0.2) is 11.5 Å². The Morgan fingerprint density at radius 2 is 1.94 bits per heavy atom. The highest BCUT2D eigenvalue weighted by molar-refractivity contribution is 5.92. The van der Waals surface area contributed by atoms with Crippen LogP contribution >= 0.6 is 0 Å². The van der Waals surface area contributed by atoms with Crippen LogP contribution in [0.1, 0.15) is 36.9 Å². The number of rotatable bonds is 9. The third-order valence-electron chi connectivity index (χ3n) is 5.24. The highest BCUT2D eigenvalue weighted by Gasteiger charge is 2.31. The van der Waals surface area contributed by atoms with E-state index in [2.05, 4.69) is 4.74 Å². The molecule has 1 aliphatic rings. The number of ether oxygens (including phenoxy) is 4. The molecule has 3 rings (SSSR count). The smallest absolute Gasteiger partial charge is 0.387 e. The number of carbonyl (C=O) groups is 1. The van der Waals surface area contributed by atoms with Crippen molar-refractivity contribution in [3.63, 3.8) is 0 Å². The first-order valence-corrected chi connectivity index (χ1v) is 10.4. The van der Waals surface area contributed by atoms with Gasteiger partial charge in [-0.3, -0.25) is 4.79 Å². The van der Waals surface area contributed by atoms with Gasteiger partial charge in [-0.15, -0.1) is 0 Å². The summed E-state index contributed by atoms with van der Waals surface area (Å²) in [5, 5.41) is 0. The van der Waals surface area contributed by atoms with Gasteiger partial charge in [0.2, 0.25) is 5.91 Å². The number of carbonyl (C=O) groups excluding carboxylic acids is 1. The number of hydrogen-bond donors (Lipinski definition) is 0. The summed E-state index contributed by atoms with van der Waals surface area (Å²) < 4.78 is 45.8. The maximum Gasteiger partial charge on any atom is 0.387 e. The first-order chi connectivity index (χ1) is 15.5. The molecule has 1 aliphatic heterocycles. The minimum atomic E-state index is -2.95. The Hall–Kier alpha value is -3.29. The standard InChI is InChI=1S/C24H27F2NO5/c1-4-31-22-14-16(7-11-20(22)32-24(25)26)8-12-23(28)27-13-5-6-19(27)18-10-9-17(29-2)15-21(18)30-3/h7-12,14-15,19,24H,4-6,13H2,1-3H3/b12-8+. The molecule has 0 aromatic heterocycles. The van der Waals surface area contributed by atoms with Crippen molar-refractivity contribution in [3.8, 4) is 23.0 Å². The van der Waals surface area contributed by atoms with Crippen molar-refractivity contribution in [3.05, 3.63) is 53.6 Å². The zero-order valence-corrected chi connectivity index (χ0v) is 18.3. The van der Waals surface area contributed by atoms with E-state index in [1.165, 1.54) is 12.1 Å². The van der Waals surface area contributed by atoms with Crippen LogP contribution in [-0.4, -0.2) is 44.8 Å². The van der Waals surface area contributed by atoms with Gasteiger partial charge < -0.3 is 23.8 Å². The van der Waals surface area contributed by atoms with Crippen molar-refractivity contribution in [1.29, 1.82) is 0 Å². The topological polar surface area (TPSA) is 57.2 Å². The number of hydrogen-bond acceptors (Lipinski definition) is 5. The Bertz CT molecular complexity index is 963. The van der Waals surface area contributed by atoms with Gasteiger partial charge in [-0.1, -0.05) is 6.07 Å². The van der Waals surface area contributed by atoms with E-state index >= 15 is 0 Å². The summed E-state index contributed by atoms with van der Waals surface area (Å²) in [6.07, 6.45) is 4.83. The van der Waals surface area contributed by atoms with Gasteiger partial charge in [-0.2, -0.15) is 8.78 Å². The number of alkyl halides is 2. The summed E-state index contributed by atoms with van der Waals surface area (Å²) in [5.41, 5.74) is 1.57. The summed E-state index contributed by atoms with van der Waals surface area (Å²) in [6, 6.07) is 10.1. The Kier molecular flexibility index (Phi) is 7.92. The predicted octanol–water partition coefficient (Wildman–Crippen LogP) is 5.08. The second-order valence-electron chi connectivity index (χ2n) is 7.15. The maximum atomic E-state index is 13.0. The molecule has 6 nitrogen and oxygen atoms in total. The van der Waals surface area contributed by atoms with Crippen molar-refractivity contribution in [1.82, 2.24) is 4.90 Å². The number of nitrogens with zero attached hydrogens (tertiary/aromatic N) is 1. The lowest BCUT2D eigenvalue weighted by atomic mass is 10.0. The Morgan fingerprint density at radius 3 is 2.62 bits per heavy atom. The van der Waals surface area contributed by atoms with Crippen molar-refractivity contribution in [2.24, 2.45) is 0 Å². The molecule has 1 amide bonds. The molecule has 1 fully saturated rings. The zero-order chi connectivity index (χ0) is 23.1. The minimum absolute atomic E-state index is 0.0449. The summed E-state index contributed by atoms with van der Waals surface area (Å²) in [5.74, 6) is 1.37. The van der Waals surface area contributed by atoms with Crippen LogP contribution in [0, 0.1) is 0 Å². The molecule has 0 spiro atoms. The molecule has 2 aromatic rings. The lowest BCUT2D eigenvalue weighted by Gasteiger charge is -2.25. The largest absolute Gasteiger partial charge is 0.497 e. The van der Waals surface area contributed by atoms with Crippen LogP contribution in [0.15, 0.2) is 42.5 Å². The van der Waals surface area contributed by atoms with Gasteiger partial charge in [0, 0.05) is 24.3 Å². The van der Waals surface area contributed by atoms with E-state index in [4.69, 9.17) is 14.2 Å². The third kappa shape index (κ3) is 5.49. The third-order valence-corrected chi connectivity index (χ3v) is 5.24. The second kappa shape index (κ2) is 10.8. The quantitative estimate of drug-likeness (QED) is 0.502. The lowest BCUT2D eigenvalue weighted by Crippen LogP contribution is -2.29. The summed E-state index contributed by atoms with van der Waals surface area (Å²) in [6.45, 7) is -0.266. The van der Waals surface area contributed by atoms with Crippen LogP contribution in [0.3, 0.4) is 0 Å². The summed E-state index contributed by atoms with van der Waals surface area (Å²) in [4.78, 5) is 14.8. The van der Waals surface area contributed by atoms with Gasteiger partial charge in [-0.25, -0.2) is 0 Å². The van der Waals surface area contributed by atoms with Gasteiger partial charge in [0.25, 0.3) is 0 Å². The highest BCUT2D eigenvalue weighted by atomic mass is 19.3. The fourth-order valence-electron chi connectivity index (χ4n) is 3.80. The van der Waals surface area contributed by atoms with E-state index in [1.54, 1.807) is 44.3 Å². The fraction of sp³-hybridized carbons (Fsp3) is 0.375. The molecule has 1 heterocycles. The number of likely N-dealkylation sites (tertiary alicyclic amines) is 1. The molecule has 0 N–H and O–H groups in total. The average Bonchev–Trinajstić information content (AvgIpc) is 3.28. The fourth-order valence-corrected chi connectivity index (χ4v) is 3.80. The first kappa shape index (κ1) is 23.4. The van der Waals surface area contributed by atoms with Gasteiger partial charge in [-0.05, 0) is 55.7 Å². The molecule has 2 aromatic carbocycles. The second-order valence-corrected chi connectivity index (χ2v) is 7.15. The summed E-state index contributed by atoms with van der Waals surface area (Å²) in [7, 11) is 3.18. The van der Waals surface area contributed by atoms with E-state index in [9.17, 15) is 13.6 Å². The summed E-state index contributed by atoms with van der Waals surface area (Å²) >= 11 is 0. The first-order valence-electron chi connectivity index (χ1n) is 10.4. The van der Waals surface area contributed by atoms with E-state index in [0.717, 1.165) is 18.4 Å². The van der Waals surface area contributed by atoms with Crippen LogP contribution < -0.4 is 18.9 Å². The van der Waals surface area contributed by atoms with Gasteiger partial charge in [0.05, 0.1) is 26.9 Å². The number of halogens is 2. The highest BCUT2D eigenvalue weighted by Crippen LogP contribution is 2.39. The van der Waals surface area contributed by atoms with Crippen molar-refractivity contribution in [2.75, 3.05) is 27.4 Å².